The SMILES string of the molecule is COc1cc2c(cc1OCCCC(=O)Nc1cc(C(=O)Nc3ccc4sc(C(=O)N(C)C)cc4c3)cn1C)N(C(=O)OCc1ccc(NC(=O)C(C)N)cc1)C(O)[C@@H]1CCCN1C2=O. The molecule has 6 N–H and O–H groups in total. The third-order valence-corrected chi connectivity index (χ3v) is 12.0. The van der Waals surface area contributed by atoms with Gasteiger partial charge < -0.3 is 55.4 Å². The number of aryl methyl sites for hydroxylation is 1. The van der Waals surface area contributed by atoms with Crippen LogP contribution < -0.4 is 36.1 Å². The van der Waals surface area contributed by atoms with Crippen molar-refractivity contribution in [1.29, 1.82) is 0 Å². The van der Waals surface area contributed by atoms with Gasteiger partial charge in [-0.25, -0.2) is 9.69 Å². The normalized spacial score (nSPS) is 16.0. The molecular formula is C45H50N8O10S. The molecule has 2 unspecified atom stereocenters. The zero-order valence-electron chi connectivity index (χ0n) is 36.0. The predicted octanol–water partition coefficient (Wildman–Crippen LogP) is 5.37. The number of methoxy groups -OCH3 is 1. The average Bonchev–Trinajstić information content (AvgIpc) is 4.02. The van der Waals surface area contributed by atoms with Gasteiger partial charge in [0.25, 0.3) is 17.7 Å². The second kappa shape index (κ2) is 19.2. The maximum Gasteiger partial charge on any atom is 0.416 e. The summed E-state index contributed by atoms with van der Waals surface area (Å²) in [6.07, 6.45) is 0.681. The Morgan fingerprint density at radius 2 is 1.72 bits per heavy atom. The van der Waals surface area contributed by atoms with Crippen LogP contribution in [0.2, 0.25) is 0 Å². The Morgan fingerprint density at radius 3 is 2.44 bits per heavy atom. The lowest BCUT2D eigenvalue weighted by Gasteiger charge is -2.31. The first-order valence-electron chi connectivity index (χ1n) is 20.6. The minimum atomic E-state index is -1.43. The summed E-state index contributed by atoms with van der Waals surface area (Å²) in [5, 5.41) is 20.9. The van der Waals surface area contributed by atoms with E-state index in [9.17, 15) is 33.9 Å². The van der Waals surface area contributed by atoms with Crippen LogP contribution in [0.4, 0.5) is 27.7 Å². The monoisotopic (exact) mass is 894 g/mol. The molecule has 2 aliphatic rings. The highest BCUT2D eigenvalue weighted by Crippen LogP contribution is 2.41. The minimum Gasteiger partial charge on any atom is -0.493 e. The Hall–Kier alpha value is -6.96. The fourth-order valence-corrected chi connectivity index (χ4v) is 8.53. The van der Waals surface area contributed by atoms with Crippen molar-refractivity contribution in [2.45, 2.75) is 57.5 Å². The predicted molar refractivity (Wildman–Crippen MR) is 241 cm³/mol. The summed E-state index contributed by atoms with van der Waals surface area (Å²) in [6, 6.07) is 17.0. The van der Waals surface area contributed by atoms with Crippen LogP contribution in [0.3, 0.4) is 0 Å². The van der Waals surface area contributed by atoms with E-state index in [2.05, 4.69) is 16.0 Å². The van der Waals surface area contributed by atoms with Gasteiger partial charge in [0.15, 0.2) is 17.7 Å². The van der Waals surface area contributed by atoms with Crippen LogP contribution in [-0.2, 0) is 28.0 Å². The van der Waals surface area contributed by atoms with Gasteiger partial charge in [0.05, 0.1) is 47.5 Å². The Morgan fingerprint density at radius 1 is 0.969 bits per heavy atom. The van der Waals surface area contributed by atoms with Crippen LogP contribution in [0.15, 0.2) is 72.9 Å². The van der Waals surface area contributed by atoms with E-state index in [1.165, 1.54) is 35.5 Å². The van der Waals surface area contributed by atoms with Gasteiger partial charge in [0.2, 0.25) is 11.8 Å². The zero-order chi connectivity index (χ0) is 45.8. The number of hydrogen-bond donors (Lipinski definition) is 5. The number of fused-ring (bicyclic) bond motifs is 3. The summed E-state index contributed by atoms with van der Waals surface area (Å²) in [4.78, 5) is 83.1. The van der Waals surface area contributed by atoms with Gasteiger partial charge in [0, 0.05) is 62.4 Å². The van der Waals surface area contributed by atoms with Crippen molar-refractivity contribution >= 4 is 79.9 Å². The van der Waals surface area contributed by atoms with E-state index in [0.717, 1.165) is 15.0 Å². The molecular weight excluding hydrogens is 845 g/mol. The second-order valence-electron chi connectivity index (χ2n) is 15.8. The number of aromatic nitrogens is 1. The third kappa shape index (κ3) is 9.80. The molecule has 1 fully saturated rings. The van der Waals surface area contributed by atoms with Crippen LogP contribution in [0, 0.1) is 0 Å². The number of carbonyl (C=O) groups excluding carboxylic acids is 6. The van der Waals surface area contributed by atoms with Crippen molar-refractivity contribution in [2.24, 2.45) is 12.8 Å². The zero-order valence-corrected chi connectivity index (χ0v) is 36.8. The molecule has 0 aliphatic carbocycles. The average molecular weight is 895 g/mol. The van der Waals surface area contributed by atoms with Crippen molar-refractivity contribution in [1.82, 2.24) is 14.4 Å². The van der Waals surface area contributed by atoms with Gasteiger partial charge in [-0.15, -0.1) is 11.3 Å². The Bertz CT molecular complexity index is 2610. The fourth-order valence-electron chi connectivity index (χ4n) is 7.46. The molecule has 2 aliphatic heterocycles. The summed E-state index contributed by atoms with van der Waals surface area (Å²) in [6.45, 7) is 1.83. The number of ether oxygens (including phenoxy) is 3. The van der Waals surface area contributed by atoms with Crippen molar-refractivity contribution in [3.63, 3.8) is 0 Å². The Balaban J connectivity index is 0.978. The second-order valence-corrected chi connectivity index (χ2v) is 16.9. The summed E-state index contributed by atoms with van der Waals surface area (Å²) in [7, 11) is 6.51. The Labute approximate surface area is 372 Å². The summed E-state index contributed by atoms with van der Waals surface area (Å²) < 4.78 is 19.9. The number of rotatable bonds is 14. The van der Waals surface area contributed by atoms with E-state index in [1.54, 1.807) is 92.3 Å². The first-order chi connectivity index (χ1) is 30.6. The molecule has 0 spiro atoms. The van der Waals surface area contributed by atoms with E-state index in [1.807, 2.05) is 6.07 Å². The standard InChI is InChI=1S/C45H50N8O10S/c1-25(46)40(55)47-29-12-10-26(11-13-29)24-63-45(60)53-33-22-35(34(61-5)21-31(33)42(57)52-16-6-8-32(52)43(53)58)62-17-7-9-39(54)49-38-20-28(23-51(38)4)41(56)48-30-14-15-36-27(18-30)19-37(64-36)44(59)50(2)3/h10-15,18-23,25,32,43,58H,6-9,16-17,24,46H2,1-5H3,(H,47,55)(H,48,56)(H,49,54)/t25?,32-,43?/m0/s1. The number of anilines is 4. The summed E-state index contributed by atoms with van der Waals surface area (Å²) in [5.41, 5.74) is 7.82. The lowest BCUT2D eigenvalue weighted by molar-refractivity contribution is -0.117. The number of hydrogen-bond acceptors (Lipinski definition) is 12. The number of benzene rings is 3. The van der Waals surface area contributed by atoms with E-state index < -0.39 is 24.4 Å². The number of nitrogens with zero attached hydrogens (tertiary/aromatic N) is 4. The van der Waals surface area contributed by atoms with Gasteiger partial charge in [-0.1, -0.05) is 12.1 Å². The largest absolute Gasteiger partial charge is 0.493 e. The Kier molecular flexibility index (Phi) is 13.5. The molecule has 6 amide bonds. The summed E-state index contributed by atoms with van der Waals surface area (Å²) in [5.74, 6) is -0.750. The van der Waals surface area contributed by atoms with Crippen LogP contribution >= 0.6 is 11.3 Å². The molecule has 3 aromatic carbocycles. The molecule has 19 heteroatoms. The molecule has 18 nitrogen and oxygen atoms in total. The fraction of sp³-hybridized carbons (Fsp3) is 0.333. The topological polar surface area (TPSA) is 227 Å². The number of amides is 6. The molecule has 64 heavy (non-hydrogen) atoms. The van der Waals surface area contributed by atoms with Crippen LogP contribution in [0.1, 0.15) is 68.6 Å². The maximum absolute atomic E-state index is 13.9. The minimum absolute atomic E-state index is 0.0406. The molecule has 0 bridgehead atoms. The van der Waals surface area contributed by atoms with Crippen molar-refractivity contribution in [2.75, 3.05) is 55.2 Å². The lowest BCUT2D eigenvalue weighted by Crippen LogP contribution is -2.50. The molecule has 336 valence electrons. The van der Waals surface area contributed by atoms with Crippen LogP contribution in [-0.4, -0.2) is 108 Å². The van der Waals surface area contributed by atoms with E-state index in [4.69, 9.17) is 19.9 Å². The summed E-state index contributed by atoms with van der Waals surface area (Å²) >= 11 is 1.38. The number of carbonyl (C=O) groups is 6. The molecule has 3 atom stereocenters. The molecule has 2 aromatic heterocycles. The number of aliphatic hydroxyl groups excluding tert-OH is 1. The number of nitrogens with one attached hydrogen (secondary N) is 3. The quantitative estimate of drug-likeness (QED) is 0.0892. The van der Waals surface area contributed by atoms with E-state index >= 15 is 0 Å². The number of thiophene rings is 1. The van der Waals surface area contributed by atoms with Gasteiger partial charge in [-0.05, 0) is 85.7 Å². The molecule has 1 saturated heterocycles. The molecule has 4 heterocycles. The van der Waals surface area contributed by atoms with Crippen molar-refractivity contribution in [3.8, 4) is 11.5 Å². The highest BCUT2D eigenvalue weighted by atomic mass is 32.1. The first-order valence-corrected chi connectivity index (χ1v) is 21.4. The van der Waals surface area contributed by atoms with Gasteiger partial charge in [-0.2, -0.15) is 0 Å². The number of nitrogens with two attached hydrogens (primary N) is 1. The van der Waals surface area contributed by atoms with Gasteiger partial charge in [0.1, 0.15) is 12.4 Å². The third-order valence-electron chi connectivity index (χ3n) is 10.9. The molecule has 7 rings (SSSR count). The van der Waals surface area contributed by atoms with Gasteiger partial charge >= 0.3 is 6.09 Å². The van der Waals surface area contributed by atoms with E-state index in [-0.39, 0.29) is 78.3 Å². The van der Waals surface area contributed by atoms with Gasteiger partial charge in [-0.3, -0.25) is 24.0 Å². The highest BCUT2D eigenvalue weighted by Gasteiger charge is 2.45. The smallest absolute Gasteiger partial charge is 0.416 e. The maximum atomic E-state index is 13.9. The number of aliphatic hydroxyl groups is 1. The van der Waals surface area contributed by atoms with Crippen molar-refractivity contribution in [3.05, 3.63) is 94.5 Å². The van der Waals surface area contributed by atoms with Crippen molar-refractivity contribution < 1.29 is 48.1 Å². The molecule has 0 saturated carbocycles. The van der Waals surface area contributed by atoms with E-state index in [0.29, 0.717) is 52.6 Å². The molecule has 5 aromatic rings. The van der Waals surface area contributed by atoms with Crippen LogP contribution in [0.5, 0.6) is 11.5 Å². The molecule has 0 radical (unpaired) electrons. The first kappa shape index (κ1) is 45.1. The highest BCUT2D eigenvalue weighted by molar-refractivity contribution is 7.20. The lowest BCUT2D eigenvalue weighted by atomic mass is 10.1. The van der Waals surface area contributed by atoms with Crippen LogP contribution in [0.25, 0.3) is 10.1 Å².